The fraction of sp³-hybridized carbons (Fsp3) is 0.600. The zero-order valence-electron chi connectivity index (χ0n) is 21.7. The van der Waals surface area contributed by atoms with Crippen molar-refractivity contribution < 1.29 is 19.0 Å². The molecule has 4 fully saturated rings. The Labute approximate surface area is 212 Å². The second-order valence-electron chi connectivity index (χ2n) is 12.1. The summed E-state index contributed by atoms with van der Waals surface area (Å²) < 4.78 is 18.9. The van der Waals surface area contributed by atoms with Crippen molar-refractivity contribution in [3.8, 4) is 0 Å². The van der Waals surface area contributed by atoms with E-state index in [9.17, 15) is 0 Å². The number of aliphatic hydroxyl groups excluding tert-OH is 1. The molecule has 2 heterocycles. The number of benzene rings is 2. The molecule has 0 unspecified atom stereocenters. The van der Waals surface area contributed by atoms with Gasteiger partial charge in [-0.2, -0.15) is 0 Å². The number of aliphatic hydroxyl groups is 1. The molecule has 1 N–H and O–H groups in total. The van der Waals surface area contributed by atoms with Gasteiger partial charge in [0.25, 0.3) is 8.32 Å². The first kappa shape index (κ1) is 25.2. The standard InChI is InChI=1S/C23H30O2Si.C7H12O2/c1-22(2,3)26(20-10-6-4-7-11-20,21-12-8-5-9-13-21)24-18-19-14-15-23(25-19)16-17-23;8-5-6-1-2-7(9-6)3-4-7/h4-13,19H,14-18H2,1-3H3;6,8H,1-5H2/t19-;6-/m00/s1. The van der Waals surface area contributed by atoms with E-state index in [0.717, 1.165) is 12.8 Å². The molecule has 2 aliphatic heterocycles. The topological polar surface area (TPSA) is 47.9 Å². The number of hydrogen-bond acceptors (Lipinski definition) is 4. The highest BCUT2D eigenvalue weighted by Gasteiger charge is 2.53. The molecule has 2 atom stereocenters. The third kappa shape index (κ3) is 5.30. The Kier molecular flexibility index (Phi) is 7.01. The van der Waals surface area contributed by atoms with E-state index in [2.05, 4.69) is 81.4 Å². The van der Waals surface area contributed by atoms with E-state index in [0.29, 0.717) is 6.61 Å². The van der Waals surface area contributed by atoms with Gasteiger partial charge in [-0.25, -0.2) is 0 Å². The fourth-order valence-corrected chi connectivity index (χ4v) is 10.6. The van der Waals surface area contributed by atoms with Crippen LogP contribution in [-0.4, -0.2) is 50.0 Å². The van der Waals surface area contributed by atoms with Gasteiger partial charge in [-0.3, -0.25) is 0 Å². The van der Waals surface area contributed by atoms with Crippen LogP contribution in [0.4, 0.5) is 0 Å². The van der Waals surface area contributed by atoms with Gasteiger partial charge in [-0.1, -0.05) is 81.4 Å². The summed E-state index contributed by atoms with van der Waals surface area (Å²) in [6.45, 7) is 7.90. The van der Waals surface area contributed by atoms with Crippen LogP contribution in [0.15, 0.2) is 60.7 Å². The van der Waals surface area contributed by atoms with Crippen LogP contribution in [0.25, 0.3) is 0 Å². The summed E-state index contributed by atoms with van der Waals surface area (Å²) in [6.07, 6.45) is 9.93. The van der Waals surface area contributed by atoms with E-state index in [1.165, 1.54) is 48.9 Å². The van der Waals surface area contributed by atoms with Crippen molar-refractivity contribution in [2.24, 2.45) is 0 Å². The second kappa shape index (κ2) is 9.75. The van der Waals surface area contributed by atoms with Crippen LogP contribution in [0.5, 0.6) is 0 Å². The lowest BCUT2D eigenvalue weighted by Crippen LogP contribution is -2.67. The number of ether oxygens (including phenoxy) is 2. The summed E-state index contributed by atoms with van der Waals surface area (Å²) in [4.78, 5) is 0. The lowest BCUT2D eigenvalue weighted by molar-refractivity contribution is -0.00188. The van der Waals surface area contributed by atoms with E-state index in [1.807, 2.05) is 0 Å². The molecule has 2 aromatic rings. The average Bonchev–Trinajstić information content (AvgIpc) is 3.70. The van der Waals surface area contributed by atoms with Gasteiger partial charge in [0.2, 0.25) is 0 Å². The molecule has 6 rings (SSSR count). The van der Waals surface area contributed by atoms with Crippen molar-refractivity contribution in [1.29, 1.82) is 0 Å². The third-order valence-electron chi connectivity index (χ3n) is 8.40. The fourth-order valence-electron chi connectivity index (χ4n) is 6.03. The highest BCUT2D eigenvalue weighted by Crippen LogP contribution is 2.50. The van der Waals surface area contributed by atoms with Crippen LogP contribution in [0.1, 0.15) is 72.1 Å². The Balaban J connectivity index is 0.000000234. The van der Waals surface area contributed by atoms with Gasteiger partial charge in [-0.15, -0.1) is 0 Å². The lowest BCUT2D eigenvalue weighted by Gasteiger charge is -2.43. The van der Waals surface area contributed by atoms with Crippen LogP contribution in [-0.2, 0) is 13.9 Å². The van der Waals surface area contributed by atoms with E-state index in [4.69, 9.17) is 19.0 Å². The van der Waals surface area contributed by atoms with Gasteiger partial charge < -0.3 is 19.0 Å². The van der Waals surface area contributed by atoms with E-state index < -0.39 is 8.32 Å². The first-order chi connectivity index (χ1) is 16.8. The van der Waals surface area contributed by atoms with Gasteiger partial charge in [0.1, 0.15) is 0 Å². The molecule has 0 amide bonds. The van der Waals surface area contributed by atoms with E-state index in [-0.39, 0.29) is 35.1 Å². The Morgan fingerprint density at radius 3 is 1.60 bits per heavy atom. The average molecular weight is 495 g/mol. The maximum absolute atomic E-state index is 8.70. The van der Waals surface area contributed by atoms with Crippen LogP contribution in [0.3, 0.4) is 0 Å². The van der Waals surface area contributed by atoms with Crippen LogP contribution in [0, 0.1) is 0 Å². The number of rotatable bonds is 6. The first-order valence-corrected chi connectivity index (χ1v) is 15.4. The first-order valence-electron chi connectivity index (χ1n) is 13.5. The van der Waals surface area contributed by atoms with Gasteiger partial charge in [0, 0.05) is 0 Å². The molecular formula is C30H42O4Si. The second-order valence-corrected chi connectivity index (χ2v) is 16.4. The predicted octanol–water partition coefficient (Wildman–Crippen LogP) is 4.96. The van der Waals surface area contributed by atoms with Crippen LogP contribution < -0.4 is 10.4 Å². The molecule has 0 aromatic heterocycles. The van der Waals surface area contributed by atoms with Gasteiger partial charge in [0.15, 0.2) is 0 Å². The molecule has 190 valence electrons. The van der Waals surface area contributed by atoms with Crippen LogP contribution in [0.2, 0.25) is 5.04 Å². The molecule has 4 aliphatic rings. The van der Waals surface area contributed by atoms with Gasteiger partial charge >= 0.3 is 0 Å². The molecule has 0 bridgehead atoms. The minimum Gasteiger partial charge on any atom is -0.405 e. The summed E-state index contributed by atoms with van der Waals surface area (Å²) in [5.41, 5.74) is 0.479. The molecule has 0 radical (unpaired) electrons. The molecule has 2 aliphatic carbocycles. The predicted molar refractivity (Wildman–Crippen MR) is 143 cm³/mol. The molecule has 2 saturated heterocycles. The SMILES string of the molecule is CC(C)(C)[Si](OC[C@@H]1CCC2(CC2)O1)(c1ccccc1)c1ccccc1.OC[C@@H]1CCC2(CC2)O1. The highest BCUT2D eigenvalue weighted by atomic mass is 28.4. The van der Waals surface area contributed by atoms with Crippen molar-refractivity contribution in [2.45, 2.75) is 101 Å². The summed E-state index contributed by atoms with van der Waals surface area (Å²) in [6, 6.07) is 21.7. The third-order valence-corrected chi connectivity index (χ3v) is 13.4. The van der Waals surface area contributed by atoms with Crippen molar-refractivity contribution in [1.82, 2.24) is 0 Å². The quantitative estimate of drug-likeness (QED) is 0.577. The Hall–Kier alpha value is -1.50. The minimum atomic E-state index is -2.42. The Morgan fingerprint density at radius 1 is 0.771 bits per heavy atom. The molecule has 2 saturated carbocycles. The monoisotopic (exact) mass is 494 g/mol. The van der Waals surface area contributed by atoms with Crippen molar-refractivity contribution in [3.05, 3.63) is 60.7 Å². The van der Waals surface area contributed by atoms with Crippen LogP contribution >= 0.6 is 0 Å². The zero-order valence-corrected chi connectivity index (χ0v) is 22.7. The summed E-state index contributed by atoms with van der Waals surface area (Å²) in [7, 11) is -2.42. The zero-order chi connectivity index (χ0) is 24.6. The Bertz CT molecular complexity index is 923. The minimum absolute atomic E-state index is 0.0333. The molecular weight excluding hydrogens is 452 g/mol. The number of hydrogen-bond donors (Lipinski definition) is 1. The van der Waals surface area contributed by atoms with E-state index >= 15 is 0 Å². The van der Waals surface area contributed by atoms with Gasteiger partial charge in [-0.05, 0) is 66.8 Å². The highest BCUT2D eigenvalue weighted by molar-refractivity contribution is 6.99. The van der Waals surface area contributed by atoms with Gasteiger partial charge in [0.05, 0.1) is 36.6 Å². The summed E-state index contributed by atoms with van der Waals surface area (Å²) in [5, 5.41) is 11.4. The smallest absolute Gasteiger partial charge is 0.261 e. The summed E-state index contributed by atoms with van der Waals surface area (Å²) >= 11 is 0. The molecule has 4 nitrogen and oxygen atoms in total. The maximum atomic E-state index is 8.70. The van der Waals surface area contributed by atoms with Crippen molar-refractivity contribution in [2.75, 3.05) is 13.2 Å². The normalized spacial score (nSPS) is 25.9. The lowest BCUT2D eigenvalue weighted by atomic mass is 10.2. The molecule has 2 aromatic carbocycles. The maximum Gasteiger partial charge on any atom is 0.261 e. The summed E-state index contributed by atoms with van der Waals surface area (Å²) in [5.74, 6) is 0. The molecule has 2 spiro atoms. The van der Waals surface area contributed by atoms with Crippen molar-refractivity contribution >= 4 is 18.7 Å². The largest absolute Gasteiger partial charge is 0.405 e. The molecule has 35 heavy (non-hydrogen) atoms. The van der Waals surface area contributed by atoms with Crippen molar-refractivity contribution in [3.63, 3.8) is 0 Å². The van der Waals surface area contributed by atoms with E-state index in [1.54, 1.807) is 0 Å². The Morgan fingerprint density at radius 2 is 1.23 bits per heavy atom. The molecule has 5 heteroatoms.